The molecular weight excluding hydrogens is 502 g/mol. The van der Waals surface area contributed by atoms with Crippen molar-refractivity contribution in [3.05, 3.63) is 103 Å². The van der Waals surface area contributed by atoms with Gasteiger partial charge >= 0.3 is 0 Å². The molecule has 0 radical (unpaired) electrons. The van der Waals surface area contributed by atoms with Crippen LogP contribution in [0.2, 0.25) is 0 Å². The molecule has 7 aromatic carbocycles. The lowest BCUT2D eigenvalue weighted by molar-refractivity contribution is 0.673. The summed E-state index contributed by atoms with van der Waals surface area (Å²) in [7, 11) is 11.4. The van der Waals surface area contributed by atoms with Crippen LogP contribution in [0.1, 0.15) is 0 Å². The normalized spacial score (nSPS) is 11.8. The highest BCUT2D eigenvalue weighted by atomic mass is 16.3. The van der Waals surface area contributed by atoms with E-state index < -0.39 is 0 Å². The third-order valence-electron chi connectivity index (χ3n) is 9.84. The minimum atomic E-state index is 0.924. The van der Waals surface area contributed by atoms with Gasteiger partial charge in [-0.05, 0) is 61.3 Å². The molecule has 0 unspecified atom stereocenters. The molecule has 6 heteroatoms. The van der Waals surface area contributed by atoms with Gasteiger partial charge in [-0.1, -0.05) is 102 Å². The lowest BCUT2D eigenvalue weighted by Gasteiger charge is -2.24. The third kappa shape index (κ3) is 3.39. The number of hydrogen-bond acceptors (Lipinski definition) is 1. The molecule has 0 aliphatic carbocycles. The molecule has 0 amide bonds. The first-order chi connectivity index (χ1) is 20.5. The van der Waals surface area contributed by atoms with Crippen LogP contribution in [0.25, 0.3) is 76.5 Å². The maximum atomic E-state index is 6.61. The van der Waals surface area contributed by atoms with Gasteiger partial charge in [-0.3, -0.25) is 0 Å². The summed E-state index contributed by atoms with van der Waals surface area (Å²) in [6, 6.07) is 37.4. The highest BCUT2D eigenvalue weighted by Gasteiger charge is 2.23. The van der Waals surface area contributed by atoms with E-state index in [1.54, 1.807) is 0 Å². The Morgan fingerprint density at radius 3 is 1.52 bits per heavy atom. The molecule has 0 aliphatic rings. The Morgan fingerprint density at radius 2 is 0.905 bits per heavy atom. The van der Waals surface area contributed by atoms with Gasteiger partial charge in [0.1, 0.15) is 50.4 Å². The quantitative estimate of drug-likeness (QED) is 0.245. The fourth-order valence-electron chi connectivity index (χ4n) is 7.33. The molecule has 1 heterocycles. The first-order valence-corrected chi connectivity index (χ1v) is 14.8. The molecule has 192 valence electrons. The van der Waals surface area contributed by atoms with Crippen LogP contribution in [0.15, 0.2) is 108 Å². The van der Waals surface area contributed by atoms with E-state index in [1.165, 1.54) is 81.9 Å². The summed E-state index contributed by atoms with van der Waals surface area (Å²) in [5.41, 5.74) is 14.0. The summed E-state index contributed by atoms with van der Waals surface area (Å²) in [5.74, 6) is 0. The van der Waals surface area contributed by atoms with Gasteiger partial charge < -0.3 is 4.42 Å². The average molecular weight is 530 g/mol. The number of rotatable bonds is 2. The lowest BCUT2D eigenvalue weighted by atomic mass is 9.59. The molecule has 0 fully saturated rings. The van der Waals surface area contributed by atoms with Crippen LogP contribution in [-0.4, -0.2) is 39.2 Å². The minimum Gasteiger partial charge on any atom is -0.455 e. The second-order valence-corrected chi connectivity index (χ2v) is 11.8. The molecule has 0 spiro atoms. The van der Waals surface area contributed by atoms with Crippen LogP contribution < -0.4 is 27.3 Å². The Morgan fingerprint density at radius 1 is 0.381 bits per heavy atom. The van der Waals surface area contributed by atoms with Crippen LogP contribution >= 0.6 is 0 Å². The van der Waals surface area contributed by atoms with Gasteiger partial charge in [0.15, 0.2) is 0 Å². The second kappa shape index (κ2) is 9.23. The Labute approximate surface area is 250 Å². The summed E-state index contributed by atoms with van der Waals surface area (Å²) in [6.45, 7) is 0. The Balaban J connectivity index is 1.57. The van der Waals surface area contributed by atoms with Crippen molar-refractivity contribution in [3.8, 4) is 22.3 Å². The van der Waals surface area contributed by atoms with Crippen molar-refractivity contribution in [3.63, 3.8) is 0 Å². The van der Waals surface area contributed by atoms with E-state index in [-0.39, 0.29) is 0 Å². The Bertz CT molecular complexity index is 2340. The van der Waals surface area contributed by atoms with Crippen molar-refractivity contribution in [1.82, 2.24) is 0 Å². The lowest BCUT2D eigenvalue weighted by Crippen LogP contribution is -2.55. The first-order valence-electron chi connectivity index (χ1n) is 14.8. The van der Waals surface area contributed by atoms with Gasteiger partial charge in [0, 0.05) is 16.2 Å². The number of hydrogen-bond donors (Lipinski definition) is 0. The highest BCUT2D eigenvalue weighted by molar-refractivity contribution is 6.69. The van der Waals surface area contributed by atoms with Crippen molar-refractivity contribution in [1.29, 1.82) is 0 Å². The van der Waals surface area contributed by atoms with E-state index in [2.05, 4.69) is 142 Å². The fraction of sp³-hybridized carbons (Fsp3) is 0. The zero-order valence-corrected chi connectivity index (χ0v) is 24.7. The molecule has 8 rings (SSSR count). The number of benzene rings is 7. The molecule has 42 heavy (non-hydrogen) atoms. The maximum Gasteiger partial charge on any atom is 0.143 e. The highest BCUT2D eigenvalue weighted by Crippen LogP contribution is 2.46. The Kier molecular flexibility index (Phi) is 5.53. The maximum absolute atomic E-state index is 6.61. The largest absolute Gasteiger partial charge is 0.455 e. The molecule has 0 N–H and O–H groups in total. The standard InChI is InChI=1S/C36H27B5O/c37-31-30(32(38)34(40)35(41)33(31)39)29-22-12-5-3-10-20(22)27(21-11-4-6-13-23(21)29)24-14-7-15-26-28(24)25-17-16-18-8-1-2-9-19(18)36(25)42-26/h1-17H,37-41H2. The molecule has 0 atom stereocenters. The first kappa shape index (κ1) is 25.2. The average Bonchev–Trinajstić information content (AvgIpc) is 3.42. The van der Waals surface area contributed by atoms with Crippen molar-refractivity contribution < 1.29 is 4.42 Å². The zero-order chi connectivity index (χ0) is 28.7. The number of furan rings is 1. The molecule has 0 saturated carbocycles. The Hall–Kier alpha value is -4.56. The van der Waals surface area contributed by atoms with E-state index in [0.717, 1.165) is 21.9 Å². The number of fused-ring (bicyclic) bond motifs is 7. The fourth-order valence-corrected chi connectivity index (χ4v) is 7.33. The van der Waals surface area contributed by atoms with Crippen molar-refractivity contribution in [2.24, 2.45) is 0 Å². The van der Waals surface area contributed by atoms with Crippen LogP contribution in [-0.2, 0) is 0 Å². The van der Waals surface area contributed by atoms with Crippen molar-refractivity contribution in [2.75, 3.05) is 0 Å². The van der Waals surface area contributed by atoms with Gasteiger partial charge in [-0.15, -0.1) is 16.4 Å². The zero-order valence-electron chi connectivity index (χ0n) is 24.7. The minimum absolute atomic E-state index is 0.924. The van der Waals surface area contributed by atoms with E-state index in [0.29, 0.717) is 0 Å². The van der Waals surface area contributed by atoms with E-state index in [1.807, 2.05) is 0 Å². The third-order valence-corrected chi connectivity index (χ3v) is 9.84. The van der Waals surface area contributed by atoms with Crippen LogP contribution in [0.5, 0.6) is 0 Å². The predicted octanol–water partition coefficient (Wildman–Crippen LogP) is 1.67. The van der Waals surface area contributed by atoms with Crippen LogP contribution in [0.4, 0.5) is 0 Å². The van der Waals surface area contributed by atoms with E-state index >= 15 is 0 Å². The van der Waals surface area contributed by atoms with Gasteiger partial charge in [-0.25, -0.2) is 0 Å². The van der Waals surface area contributed by atoms with Gasteiger partial charge in [-0.2, -0.15) is 0 Å². The predicted molar refractivity (Wildman–Crippen MR) is 198 cm³/mol. The molecule has 0 bridgehead atoms. The molecule has 0 aliphatic heterocycles. The smallest absolute Gasteiger partial charge is 0.143 e. The van der Waals surface area contributed by atoms with Crippen molar-refractivity contribution in [2.45, 2.75) is 0 Å². The molecule has 0 saturated heterocycles. The van der Waals surface area contributed by atoms with E-state index in [4.69, 9.17) is 4.42 Å². The van der Waals surface area contributed by atoms with Gasteiger partial charge in [0.05, 0.1) is 0 Å². The van der Waals surface area contributed by atoms with Crippen LogP contribution in [0, 0.1) is 0 Å². The van der Waals surface area contributed by atoms with Gasteiger partial charge in [0.25, 0.3) is 0 Å². The molecule has 1 aromatic heterocycles. The molecule has 8 aromatic rings. The second-order valence-electron chi connectivity index (χ2n) is 11.8. The van der Waals surface area contributed by atoms with Gasteiger partial charge in [0.2, 0.25) is 0 Å². The topological polar surface area (TPSA) is 13.1 Å². The van der Waals surface area contributed by atoms with Crippen molar-refractivity contribution >= 4 is 121 Å². The summed E-state index contributed by atoms with van der Waals surface area (Å²) in [6.07, 6.45) is 0. The monoisotopic (exact) mass is 530 g/mol. The van der Waals surface area contributed by atoms with E-state index in [9.17, 15) is 0 Å². The summed E-state index contributed by atoms with van der Waals surface area (Å²) in [4.78, 5) is 0. The summed E-state index contributed by atoms with van der Waals surface area (Å²) in [5, 5.41) is 9.79. The molecular formula is C36H27B5O. The summed E-state index contributed by atoms with van der Waals surface area (Å²) < 4.78 is 6.61. The SMILES string of the molecule is Bc1c(B)c(B)c(-c2c3ccccc3c(-c3cccc4oc5c6ccccc6ccc5c34)c3ccccc23)c(B)c1B. The molecule has 1 nitrogen and oxygen atoms in total. The summed E-state index contributed by atoms with van der Waals surface area (Å²) >= 11 is 0. The van der Waals surface area contributed by atoms with Crippen LogP contribution in [0.3, 0.4) is 0 Å².